The molecule has 0 saturated carbocycles. The molecule has 30 heavy (non-hydrogen) atoms. The molecule has 2 aliphatic heterocycles. The van der Waals surface area contributed by atoms with Gasteiger partial charge in [-0.05, 0) is 36.4 Å². The Labute approximate surface area is 187 Å². The molecule has 0 aromatic heterocycles. The fourth-order valence-electron chi connectivity index (χ4n) is 3.61. The number of aliphatic imine (C=N–C) groups is 1. The molecule has 0 N–H and O–H groups in total. The van der Waals surface area contributed by atoms with E-state index in [4.69, 9.17) is 9.47 Å². The lowest BCUT2D eigenvalue weighted by molar-refractivity contribution is 0.100. The summed E-state index contributed by atoms with van der Waals surface area (Å²) in [6, 6.07) is 12.1. The minimum atomic E-state index is -3.12. The quantitative estimate of drug-likeness (QED) is 0.622. The van der Waals surface area contributed by atoms with E-state index >= 15 is 0 Å². The van der Waals surface area contributed by atoms with E-state index in [0.29, 0.717) is 22.2 Å². The number of hydrogen-bond acceptors (Lipinski definition) is 6. The number of fused-ring (bicyclic) bond motifs is 1. The molecule has 2 aromatic rings. The van der Waals surface area contributed by atoms with Crippen LogP contribution in [-0.4, -0.2) is 56.5 Å². The highest BCUT2D eigenvalue weighted by molar-refractivity contribution is 9.10. The summed E-state index contributed by atoms with van der Waals surface area (Å²) in [5, 5.41) is 0.337. The summed E-state index contributed by atoms with van der Waals surface area (Å²) in [7, 11) is -0.0952. The molecule has 2 fully saturated rings. The Bertz CT molecular complexity index is 1140. The first kappa shape index (κ1) is 21.2. The van der Waals surface area contributed by atoms with E-state index in [0.717, 1.165) is 10.2 Å². The average molecular weight is 511 g/mol. The van der Waals surface area contributed by atoms with Crippen LogP contribution in [-0.2, 0) is 9.84 Å². The molecule has 2 aromatic carbocycles. The van der Waals surface area contributed by atoms with Gasteiger partial charge in [0.2, 0.25) is 0 Å². The van der Waals surface area contributed by atoms with Gasteiger partial charge in [-0.3, -0.25) is 4.79 Å². The maximum absolute atomic E-state index is 12.9. The molecule has 7 nitrogen and oxygen atoms in total. The number of amidine groups is 1. The van der Waals surface area contributed by atoms with Gasteiger partial charge in [0.15, 0.2) is 26.5 Å². The molecule has 2 heterocycles. The van der Waals surface area contributed by atoms with Crippen LogP contribution in [0.5, 0.6) is 11.5 Å². The highest BCUT2D eigenvalue weighted by Crippen LogP contribution is 2.41. The molecule has 2 atom stereocenters. The second-order valence-electron chi connectivity index (χ2n) is 6.92. The number of thioether (sulfide) groups is 1. The summed E-state index contributed by atoms with van der Waals surface area (Å²) in [6.45, 7) is 0. The predicted octanol–water partition coefficient (Wildman–Crippen LogP) is 3.38. The topological polar surface area (TPSA) is 85.3 Å². The Hall–Kier alpha value is -2.04. The second-order valence-corrected chi connectivity index (χ2v) is 11.2. The Morgan fingerprint density at radius 3 is 2.60 bits per heavy atom. The number of halogens is 1. The van der Waals surface area contributed by atoms with Gasteiger partial charge in [-0.2, -0.15) is 4.99 Å². The predicted molar refractivity (Wildman–Crippen MR) is 122 cm³/mol. The molecular weight excluding hydrogens is 492 g/mol. The number of anilines is 1. The molecule has 0 aliphatic carbocycles. The van der Waals surface area contributed by atoms with Gasteiger partial charge < -0.3 is 14.4 Å². The van der Waals surface area contributed by atoms with E-state index in [2.05, 4.69) is 20.9 Å². The highest BCUT2D eigenvalue weighted by atomic mass is 79.9. The fourth-order valence-corrected chi connectivity index (χ4v) is 7.91. The van der Waals surface area contributed by atoms with E-state index in [1.54, 1.807) is 18.2 Å². The van der Waals surface area contributed by atoms with E-state index in [1.807, 2.05) is 29.2 Å². The molecule has 0 bridgehead atoms. The SMILES string of the molecule is COc1ccc(C(=O)N=C2S[C@@H]3CS(=O)(=O)C[C@H]3N2c2cccc(Br)c2)cc1OC. The minimum Gasteiger partial charge on any atom is -0.493 e. The van der Waals surface area contributed by atoms with E-state index in [-0.39, 0.29) is 22.8 Å². The zero-order chi connectivity index (χ0) is 21.5. The number of amides is 1. The van der Waals surface area contributed by atoms with Gasteiger partial charge >= 0.3 is 0 Å². The third-order valence-electron chi connectivity index (χ3n) is 4.98. The lowest BCUT2D eigenvalue weighted by atomic mass is 10.2. The molecule has 4 rings (SSSR count). The number of nitrogens with zero attached hydrogens (tertiary/aromatic N) is 2. The van der Waals surface area contributed by atoms with Crippen LogP contribution < -0.4 is 14.4 Å². The van der Waals surface area contributed by atoms with Crippen molar-refractivity contribution in [3.63, 3.8) is 0 Å². The van der Waals surface area contributed by atoms with Crippen LogP contribution in [0.15, 0.2) is 51.9 Å². The summed E-state index contributed by atoms with van der Waals surface area (Å²) < 4.78 is 35.7. The Kier molecular flexibility index (Phi) is 5.82. The van der Waals surface area contributed by atoms with E-state index < -0.39 is 15.7 Å². The zero-order valence-electron chi connectivity index (χ0n) is 16.2. The van der Waals surface area contributed by atoms with Gasteiger partial charge in [-0.1, -0.05) is 33.8 Å². The van der Waals surface area contributed by atoms with Gasteiger partial charge in [0.1, 0.15) is 0 Å². The lowest BCUT2D eigenvalue weighted by Gasteiger charge is -2.24. The molecule has 0 radical (unpaired) electrons. The fraction of sp³-hybridized carbons (Fsp3) is 0.300. The van der Waals surface area contributed by atoms with Crippen LogP contribution in [0.2, 0.25) is 0 Å². The molecule has 10 heteroatoms. The van der Waals surface area contributed by atoms with Gasteiger partial charge in [-0.25, -0.2) is 8.42 Å². The average Bonchev–Trinajstić information content (AvgIpc) is 3.17. The number of rotatable bonds is 4. The maximum Gasteiger partial charge on any atom is 0.279 e. The van der Waals surface area contributed by atoms with Gasteiger partial charge in [-0.15, -0.1) is 0 Å². The Balaban J connectivity index is 1.71. The summed E-state index contributed by atoms with van der Waals surface area (Å²) in [5.41, 5.74) is 1.15. The van der Waals surface area contributed by atoms with Crippen molar-refractivity contribution in [2.45, 2.75) is 11.3 Å². The number of benzene rings is 2. The molecule has 158 valence electrons. The summed E-state index contributed by atoms with van der Waals surface area (Å²) >= 11 is 4.79. The van der Waals surface area contributed by atoms with Crippen molar-refractivity contribution in [1.82, 2.24) is 0 Å². The van der Waals surface area contributed by atoms with Crippen LogP contribution in [0, 0.1) is 0 Å². The summed E-state index contributed by atoms with van der Waals surface area (Å²) in [4.78, 5) is 19.1. The van der Waals surface area contributed by atoms with Gasteiger partial charge in [0.05, 0.1) is 31.8 Å². The van der Waals surface area contributed by atoms with Gasteiger partial charge in [0, 0.05) is 21.0 Å². The largest absolute Gasteiger partial charge is 0.493 e. The third kappa shape index (κ3) is 4.08. The first-order valence-corrected chi connectivity index (χ1v) is 12.6. The third-order valence-corrected chi connectivity index (χ3v) is 8.68. The van der Waals surface area contributed by atoms with Crippen molar-refractivity contribution in [2.24, 2.45) is 4.99 Å². The molecule has 0 unspecified atom stereocenters. The van der Waals surface area contributed by atoms with Crippen molar-refractivity contribution in [3.05, 3.63) is 52.5 Å². The smallest absolute Gasteiger partial charge is 0.279 e. The molecule has 2 saturated heterocycles. The highest BCUT2D eigenvalue weighted by Gasteiger charge is 2.49. The van der Waals surface area contributed by atoms with Crippen molar-refractivity contribution in [3.8, 4) is 11.5 Å². The van der Waals surface area contributed by atoms with E-state index in [9.17, 15) is 13.2 Å². The monoisotopic (exact) mass is 510 g/mol. The number of sulfone groups is 1. The second kappa shape index (κ2) is 8.24. The van der Waals surface area contributed by atoms with Crippen LogP contribution in [0.3, 0.4) is 0 Å². The van der Waals surface area contributed by atoms with Crippen molar-refractivity contribution in [1.29, 1.82) is 0 Å². The first-order chi connectivity index (χ1) is 14.3. The van der Waals surface area contributed by atoms with Gasteiger partial charge in [0.25, 0.3) is 5.91 Å². The number of hydrogen-bond donors (Lipinski definition) is 0. The maximum atomic E-state index is 12.9. The minimum absolute atomic E-state index is 0.0424. The van der Waals surface area contributed by atoms with Crippen molar-refractivity contribution in [2.75, 3.05) is 30.6 Å². The molecule has 1 amide bonds. The normalized spacial score (nSPS) is 23.4. The van der Waals surface area contributed by atoms with E-state index in [1.165, 1.54) is 26.0 Å². The van der Waals surface area contributed by atoms with Crippen LogP contribution >= 0.6 is 27.7 Å². The van der Waals surface area contributed by atoms with Crippen LogP contribution in [0.25, 0.3) is 0 Å². The number of methoxy groups -OCH3 is 2. The Morgan fingerprint density at radius 2 is 1.90 bits per heavy atom. The summed E-state index contributed by atoms with van der Waals surface area (Å²) in [5.74, 6) is 0.653. The standard InChI is InChI=1S/C20H19BrN2O5S2/c1-27-16-7-6-12(8-17(16)28-2)19(24)22-20-23(14-5-3-4-13(21)9-14)15-10-30(25,26)11-18(15)29-20/h3-9,15,18H,10-11H2,1-2H3/t15-,18-/m1/s1. The molecule has 2 aliphatic rings. The molecule has 0 spiro atoms. The van der Waals surface area contributed by atoms with Crippen LogP contribution in [0.1, 0.15) is 10.4 Å². The Morgan fingerprint density at radius 1 is 1.13 bits per heavy atom. The number of carbonyl (C=O) groups is 1. The zero-order valence-corrected chi connectivity index (χ0v) is 19.5. The number of carbonyl (C=O) groups excluding carboxylic acids is 1. The summed E-state index contributed by atoms with van der Waals surface area (Å²) in [6.07, 6.45) is 0. The van der Waals surface area contributed by atoms with Crippen molar-refractivity contribution < 1.29 is 22.7 Å². The number of ether oxygens (including phenoxy) is 2. The molecular formula is C20H19BrN2O5S2. The van der Waals surface area contributed by atoms with Crippen molar-refractivity contribution >= 4 is 54.3 Å². The van der Waals surface area contributed by atoms with Crippen LogP contribution in [0.4, 0.5) is 5.69 Å². The lowest BCUT2D eigenvalue weighted by Crippen LogP contribution is -2.37. The first-order valence-electron chi connectivity index (χ1n) is 9.08.